The van der Waals surface area contributed by atoms with Gasteiger partial charge in [0, 0.05) is 10.9 Å². The van der Waals surface area contributed by atoms with Crippen LogP contribution in [0.3, 0.4) is 0 Å². The highest BCUT2D eigenvalue weighted by Gasteiger charge is 2.18. The number of hydrogen-bond acceptors (Lipinski definition) is 5. The average Bonchev–Trinajstić information content (AvgIpc) is 2.95. The predicted octanol–water partition coefficient (Wildman–Crippen LogP) is 4.52. The fourth-order valence-electron chi connectivity index (χ4n) is 2.89. The third-order valence-corrected chi connectivity index (χ3v) is 5.69. The Kier molecular flexibility index (Phi) is 5.88. The van der Waals surface area contributed by atoms with E-state index >= 15 is 0 Å². The maximum atomic E-state index is 13.7. The lowest BCUT2D eigenvalue weighted by atomic mass is 9.98. The lowest BCUT2D eigenvalue weighted by molar-refractivity contribution is 0.0457. The van der Waals surface area contributed by atoms with Crippen LogP contribution >= 0.6 is 11.3 Å². The molecule has 1 atom stereocenters. The third-order valence-electron chi connectivity index (χ3n) is 4.65. The van der Waals surface area contributed by atoms with E-state index in [2.05, 4.69) is 23.8 Å². The maximum Gasteiger partial charge on any atom is 0.341 e. The van der Waals surface area contributed by atoms with E-state index in [1.807, 2.05) is 6.92 Å². The zero-order chi connectivity index (χ0) is 20.4. The van der Waals surface area contributed by atoms with Crippen LogP contribution in [0.2, 0.25) is 0 Å². The number of H-pyrrole nitrogens is 1. The van der Waals surface area contributed by atoms with Gasteiger partial charge in [0.15, 0.2) is 0 Å². The summed E-state index contributed by atoms with van der Waals surface area (Å²) in [6.07, 6.45) is 1.81. The fraction of sp³-hybridized carbons (Fsp3) is 0.350. The van der Waals surface area contributed by atoms with Crippen LogP contribution in [0.4, 0.5) is 8.78 Å². The number of esters is 1. The van der Waals surface area contributed by atoms with E-state index in [1.165, 1.54) is 11.3 Å². The largest absolute Gasteiger partial charge is 0.454 e. The van der Waals surface area contributed by atoms with E-state index in [4.69, 9.17) is 4.74 Å². The molecule has 2 heterocycles. The zero-order valence-corrected chi connectivity index (χ0v) is 16.6. The molecule has 0 fully saturated rings. The molecule has 0 saturated heterocycles. The van der Waals surface area contributed by atoms with E-state index in [1.54, 1.807) is 0 Å². The summed E-state index contributed by atoms with van der Waals surface area (Å²) in [5, 5.41) is 0.572. The first kappa shape index (κ1) is 20.1. The number of aromatic nitrogens is 2. The summed E-state index contributed by atoms with van der Waals surface area (Å²) in [6.45, 7) is 5.87. The summed E-state index contributed by atoms with van der Waals surface area (Å²) < 4.78 is 31.6. The second-order valence-electron chi connectivity index (χ2n) is 6.75. The number of hydrogen-bond donors (Lipinski definition) is 1. The van der Waals surface area contributed by atoms with Crippen molar-refractivity contribution < 1.29 is 18.3 Å². The molecule has 0 aliphatic heterocycles. The Morgan fingerprint density at radius 1 is 1.36 bits per heavy atom. The van der Waals surface area contributed by atoms with Gasteiger partial charge in [-0.05, 0) is 37.0 Å². The summed E-state index contributed by atoms with van der Waals surface area (Å²) >= 11 is 1.42. The molecule has 0 aliphatic rings. The Morgan fingerprint density at radius 2 is 2.11 bits per heavy atom. The van der Waals surface area contributed by atoms with E-state index < -0.39 is 17.6 Å². The van der Waals surface area contributed by atoms with Crippen LogP contribution in [0.25, 0.3) is 10.2 Å². The summed E-state index contributed by atoms with van der Waals surface area (Å²) in [5.74, 6) is -2.14. The summed E-state index contributed by atoms with van der Waals surface area (Å²) in [4.78, 5) is 33.2. The monoisotopic (exact) mass is 406 g/mol. The molecule has 28 heavy (non-hydrogen) atoms. The van der Waals surface area contributed by atoms with Gasteiger partial charge in [0.1, 0.15) is 28.9 Å². The molecule has 1 N–H and O–H groups in total. The number of halogens is 2. The standard InChI is InChI=1S/C20H20F2N2O3S/c1-4-10(2)7-14-11(3)28-19-17(14)18(25)23-16(24-19)9-27-20(26)13-6-5-12(21)8-15(13)22/h5-6,8,10H,4,7,9H2,1-3H3,(H,23,24,25)/t10-/m0/s1. The van der Waals surface area contributed by atoms with Crippen molar-refractivity contribution in [3.05, 3.63) is 62.0 Å². The highest BCUT2D eigenvalue weighted by molar-refractivity contribution is 7.18. The summed E-state index contributed by atoms with van der Waals surface area (Å²) in [5.41, 5.74) is 0.333. The number of aryl methyl sites for hydroxylation is 1. The second-order valence-corrected chi connectivity index (χ2v) is 7.95. The normalized spacial score (nSPS) is 12.3. The van der Waals surface area contributed by atoms with Crippen molar-refractivity contribution in [2.75, 3.05) is 0 Å². The van der Waals surface area contributed by atoms with Crippen molar-refractivity contribution in [2.45, 2.75) is 40.2 Å². The average molecular weight is 406 g/mol. The Morgan fingerprint density at radius 3 is 2.79 bits per heavy atom. The lowest BCUT2D eigenvalue weighted by Gasteiger charge is -2.08. The molecule has 0 unspecified atom stereocenters. The number of benzene rings is 1. The molecule has 0 bridgehead atoms. The third kappa shape index (κ3) is 4.11. The smallest absolute Gasteiger partial charge is 0.341 e. The quantitative estimate of drug-likeness (QED) is 0.611. The Labute approximate surface area is 164 Å². The SMILES string of the molecule is CC[C@H](C)Cc1c(C)sc2nc(COC(=O)c3ccc(F)cc3F)[nH]c(=O)c12. The van der Waals surface area contributed by atoms with Gasteiger partial charge in [-0.3, -0.25) is 4.79 Å². The number of rotatable bonds is 6. The van der Waals surface area contributed by atoms with Gasteiger partial charge in [0.2, 0.25) is 0 Å². The van der Waals surface area contributed by atoms with Crippen molar-refractivity contribution in [3.63, 3.8) is 0 Å². The van der Waals surface area contributed by atoms with Gasteiger partial charge in [0.05, 0.1) is 10.9 Å². The molecule has 0 spiro atoms. The van der Waals surface area contributed by atoms with Crippen molar-refractivity contribution in [2.24, 2.45) is 5.92 Å². The minimum Gasteiger partial charge on any atom is -0.454 e. The first-order valence-electron chi connectivity index (χ1n) is 8.93. The van der Waals surface area contributed by atoms with Crippen LogP contribution in [0.1, 0.15) is 46.9 Å². The minimum absolute atomic E-state index is 0.171. The molecule has 3 rings (SSSR count). The molecule has 0 aliphatic carbocycles. The molecule has 0 saturated carbocycles. The van der Waals surface area contributed by atoms with Gasteiger partial charge < -0.3 is 9.72 Å². The van der Waals surface area contributed by atoms with Crippen LogP contribution in [0.5, 0.6) is 0 Å². The topological polar surface area (TPSA) is 72.0 Å². The van der Waals surface area contributed by atoms with Gasteiger partial charge in [-0.25, -0.2) is 18.6 Å². The molecule has 3 aromatic rings. The zero-order valence-electron chi connectivity index (χ0n) is 15.8. The van der Waals surface area contributed by atoms with Gasteiger partial charge >= 0.3 is 5.97 Å². The highest BCUT2D eigenvalue weighted by Crippen LogP contribution is 2.29. The number of nitrogens with one attached hydrogen (secondary N) is 1. The van der Waals surface area contributed by atoms with Crippen LogP contribution in [0.15, 0.2) is 23.0 Å². The second kappa shape index (κ2) is 8.18. The van der Waals surface area contributed by atoms with Gasteiger partial charge in [0.25, 0.3) is 5.56 Å². The maximum absolute atomic E-state index is 13.7. The van der Waals surface area contributed by atoms with Crippen LogP contribution in [-0.2, 0) is 17.8 Å². The van der Waals surface area contributed by atoms with Crippen molar-refractivity contribution in [1.29, 1.82) is 0 Å². The lowest BCUT2D eigenvalue weighted by Crippen LogP contribution is -2.15. The van der Waals surface area contributed by atoms with Crippen molar-refractivity contribution in [1.82, 2.24) is 9.97 Å². The predicted molar refractivity (Wildman–Crippen MR) is 104 cm³/mol. The Hall–Kier alpha value is -2.61. The first-order valence-corrected chi connectivity index (χ1v) is 9.75. The number of aromatic amines is 1. The molecule has 5 nitrogen and oxygen atoms in total. The van der Waals surface area contributed by atoms with Crippen LogP contribution < -0.4 is 5.56 Å². The molecule has 1 aromatic carbocycles. The number of carbonyl (C=O) groups excluding carboxylic acids is 1. The number of fused-ring (bicyclic) bond motifs is 1. The molecule has 148 valence electrons. The Bertz CT molecular complexity index is 1090. The molecule has 8 heteroatoms. The number of nitrogens with zero attached hydrogens (tertiary/aromatic N) is 1. The van der Waals surface area contributed by atoms with E-state index in [0.717, 1.165) is 35.4 Å². The van der Waals surface area contributed by atoms with Crippen LogP contribution in [0, 0.1) is 24.5 Å². The number of ether oxygens (including phenoxy) is 1. The summed E-state index contributed by atoms with van der Waals surface area (Å²) in [7, 11) is 0. The molecule has 0 amide bonds. The highest BCUT2D eigenvalue weighted by atomic mass is 32.1. The molecule has 2 aromatic heterocycles. The Balaban J connectivity index is 1.83. The van der Waals surface area contributed by atoms with Gasteiger partial charge in [-0.1, -0.05) is 20.3 Å². The van der Waals surface area contributed by atoms with Crippen molar-refractivity contribution >= 4 is 27.5 Å². The molecular weight excluding hydrogens is 386 g/mol. The first-order chi connectivity index (χ1) is 13.3. The molecular formula is C20H20F2N2O3S. The number of thiophene rings is 1. The van der Waals surface area contributed by atoms with Gasteiger partial charge in [-0.15, -0.1) is 11.3 Å². The minimum atomic E-state index is -1.01. The van der Waals surface area contributed by atoms with E-state index in [0.29, 0.717) is 22.2 Å². The van der Waals surface area contributed by atoms with Crippen molar-refractivity contribution in [3.8, 4) is 0 Å². The van der Waals surface area contributed by atoms with E-state index in [-0.39, 0.29) is 23.6 Å². The fourth-order valence-corrected chi connectivity index (χ4v) is 3.97. The summed E-state index contributed by atoms with van der Waals surface area (Å²) in [6, 6.07) is 2.59. The van der Waals surface area contributed by atoms with Crippen LogP contribution in [-0.4, -0.2) is 15.9 Å². The van der Waals surface area contributed by atoms with Gasteiger partial charge in [-0.2, -0.15) is 0 Å². The molecule has 0 radical (unpaired) electrons. The van der Waals surface area contributed by atoms with E-state index in [9.17, 15) is 18.4 Å². The number of carbonyl (C=O) groups is 1.